The van der Waals surface area contributed by atoms with Gasteiger partial charge in [-0.1, -0.05) is 0 Å². The van der Waals surface area contributed by atoms with Crippen molar-refractivity contribution in [2.24, 2.45) is 5.73 Å². The fourth-order valence-corrected chi connectivity index (χ4v) is 1.96. The molecule has 1 aromatic carbocycles. The number of anilines is 1. The molecule has 0 radical (unpaired) electrons. The zero-order chi connectivity index (χ0) is 15.8. The van der Waals surface area contributed by atoms with Gasteiger partial charge in [-0.2, -0.15) is 0 Å². The first kappa shape index (κ1) is 16.1. The Labute approximate surface area is 126 Å². The van der Waals surface area contributed by atoms with Gasteiger partial charge in [0.2, 0.25) is 5.52 Å². The number of aromatic nitrogens is 2. The van der Waals surface area contributed by atoms with Crippen LogP contribution in [0.2, 0.25) is 0 Å². The van der Waals surface area contributed by atoms with E-state index >= 15 is 0 Å². The maximum Gasteiger partial charge on any atom is 0.300 e. The van der Waals surface area contributed by atoms with Crippen LogP contribution in [0.5, 0.6) is 0 Å². The van der Waals surface area contributed by atoms with Crippen LogP contribution in [0.25, 0.3) is 11.0 Å². The van der Waals surface area contributed by atoms with Gasteiger partial charge in [0.25, 0.3) is 0 Å². The number of nitro groups is 1. The Kier molecular flexibility index (Phi) is 6.01. The normalized spacial score (nSPS) is 11.0. The van der Waals surface area contributed by atoms with Crippen molar-refractivity contribution in [3.63, 3.8) is 0 Å². The quantitative estimate of drug-likeness (QED) is 0.263. The van der Waals surface area contributed by atoms with Crippen molar-refractivity contribution < 1.29 is 9.55 Å². The first-order chi connectivity index (χ1) is 10.7. The van der Waals surface area contributed by atoms with E-state index in [1.165, 1.54) is 6.07 Å². The number of nitrogens with zero attached hydrogens (tertiary/aromatic N) is 3. The van der Waals surface area contributed by atoms with E-state index in [0.717, 1.165) is 26.2 Å². The molecule has 5 N–H and O–H groups in total. The summed E-state index contributed by atoms with van der Waals surface area (Å²) in [6.45, 7) is 4.52. The maximum absolute atomic E-state index is 10.9. The molecular weight excluding hydrogens is 290 g/mol. The number of non-ortho nitro benzene ring substituents is 1. The van der Waals surface area contributed by atoms with Crippen LogP contribution in [0.15, 0.2) is 16.8 Å². The summed E-state index contributed by atoms with van der Waals surface area (Å²) in [4.78, 5) is 10.4. The van der Waals surface area contributed by atoms with E-state index in [4.69, 9.17) is 5.73 Å². The minimum absolute atomic E-state index is 0.120. The summed E-state index contributed by atoms with van der Waals surface area (Å²) in [5.74, 6) is 0. The average Bonchev–Trinajstić information content (AvgIpc) is 2.99. The van der Waals surface area contributed by atoms with E-state index in [1.54, 1.807) is 6.07 Å². The molecule has 0 fully saturated rings. The smallest absolute Gasteiger partial charge is 0.300 e. The molecule has 0 saturated carbocycles. The third-order valence-electron chi connectivity index (χ3n) is 3.01. The van der Waals surface area contributed by atoms with Crippen LogP contribution in [0.1, 0.15) is 0 Å². The fraction of sp³-hybridized carbons (Fsp3) is 0.500. The summed E-state index contributed by atoms with van der Waals surface area (Å²) in [6.07, 6.45) is 0. The van der Waals surface area contributed by atoms with Crippen LogP contribution in [-0.2, 0) is 0 Å². The highest BCUT2D eigenvalue weighted by Crippen LogP contribution is 2.28. The van der Waals surface area contributed by atoms with E-state index in [0.29, 0.717) is 24.3 Å². The molecule has 22 heavy (non-hydrogen) atoms. The Hall–Kier alpha value is -2.30. The number of fused-ring (bicyclic) bond motifs is 1. The molecule has 0 aliphatic carbocycles. The number of nitrogens with two attached hydrogens (primary N) is 1. The molecule has 0 unspecified atom stereocenters. The lowest BCUT2D eigenvalue weighted by Crippen LogP contribution is -2.32. The van der Waals surface area contributed by atoms with Gasteiger partial charge in [0, 0.05) is 45.3 Å². The highest BCUT2D eigenvalue weighted by atomic mass is 16.6. The van der Waals surface area contributed by atoms with Crippen molar-refractivity contribution in [3.05, 3.63) is 22.2 Å². The van der Waals surface area contributed by atoms with Crippen molar-refractivity contribution in [1.29, 1.82) is 0 Å². The summed E-state index contributed by atoms with van der Waals surface area (Å²) in [7, 11) is 0. The van der Waals surface area contributed by atoms with E-state index in [9.17, 15) is 10.1 Å². The first-order valence-corrected chi connectivity index (χ1v) is 6.99. The summed E-state index contributed by atoms with van der Waals surface area (Å²) < 4.78 is 4.60. The number of nitro benzene ring substituents is 1. The van der Waals surface area contributed by atoms with Gasteiger partial charge in [-0.3, -0.25) is 10.1 Å². The lowest BCUT2D eigenvalue weighted by Gasteiger charge is -2.08. The highest BCUT2D eigenvalue weighted by Gasteiger charge is 2.19. The van der Waals surface area contributed by atoms with Gasteiger partial charge < -0.3 is 21.7 Å². The molecule has 10 heteroatoms. The zero-order valence-electron chi connectivity index (χ0n) is 12.0. The van der Waals surface area contributed by atoms with Crippen LogP contribution in [0, 0.1) is 10.1 Å². The molecule has 0 amide bonds. The minimum atomic E-state index is -0.508. The Bertz CT molecular complexity index is 616. The van der Waals surface area contributed by atoms with Gasteiger partial charge in [-0.05, 0) is 16.4 Å². The second-order valence-electron chi connectivity index (χ2n) is 4.57. The van der Waals surface area contributed by atoms with E-state index in [1.807, 2.05) is 0 Å². The van der Waals surface area contributed by atoms with Crippen molar-refractivity contribution >= 4 is 22.4 Å². The van der Waals surface area contributed by atoms with Crippen LogP contribution in [-0.4, -0.2) is 54.5 Å². The van der Waals surface area contributed by atoms with E-state index < -0.39 is 4.92 Å². The topological polar surface area (TPSA) is 144 Å². The molecule has 120 valence electrons. The van der Waals surface area contributed by atoms with Crippen molar-refractivity contribution in [2.75, 3.05) is 44.6 Å². The molecule has 1 aromatic heterocycles. The number of benzene rings is 1. The van der Waals surface area contributed by atoms with Crippen LogP contribution in [0.4, 0.5) is 11.4 Å². The van der Waals surface area contributed by atoms with Crippen molar-refractivity contribution in [1.82, 2.24) is 20.9 Å². The summed E-state index contributed by atoms with van der Waals surface area (Å²) in [5, 5.41) is 27.8. The molecule has 2 rings (SSSR count). The largest absolute Gasteiger partial charge is 0.382 e. The number of hydrogen-bond acceptors (Lipinski definition) is 9. The molecule has 0 saturated heterocycles. The van der Waals surface area contributed by atoms with Crippen molar-refractivity contribution in [2.45, 2.75) is 0 Å². The Morgan fingerprint density at radius 1 is 1.09 bits per heavy atom. The van der Waals surface area contributed by atoms with Gasteiger partial charge in [0.1, 0.15) is 0 Å². The summed E-state index contributed by atoms with van der Waals surface area (Å²) in [5.41, 5.74) is 6.41. The minimum Gasteiger partial charge on any atom is -0.382 e. The highest BCUT2D eigenvalue weighted by molar-refractivity contribution is 5.93. The molecule has 0 spiro atoms. The molecule has 0 atom stereocenters. The summed E-state index contributed by atoms with van der Waals surface area (Å²) >= 11 is 0. The third-order valence-corrected chi connectivity index (χ3v) is 3.01. The van der Waals surface area contributed by atoms with E-state index in [2.05, 4.69) is 30.9 Å². The standard InChI is InChI=1S/C12H19N7O3/c13-3-4-14-5-6-15-7-8-16-9-1-2-10(19(20)21)12-11(9)17-22-18-12/h1-2,14-16H,3-8,13H2. The van der Waals surface area contributed by atoms with Gasteiger partial charge in [-0.25, -0.2) is 4.63 Å². The Morgan fingerprint density at radius 2 is 1.77 bits per heavy atom. The molecule has 0 aliphatic heterocycles. The van der Waals surface area contributed by atoms with Crippen molar-refractivity contribution in [3.8, 4) is 0 Å². The van der Waals surface area contributed by atoms with Crippen LogP contribution < -0.4 is 21.7 Å². The predicted octanol–water partition coefficient (Wildman–Crippen LogP) is -0.319. The molecular formula is C12H19N7O3. The first-order valence-electron chi connectivity index (χ1n) is 6.99. The lowest BCUT2D eigenvalue weighted by atomic mass is 10.2. The predicted molar refractivity (Wildman–Crippen MR) is 81.7 cm³/mol. The SMILES string of the molecule is NCCNCCNCCNc1ccc([N+](=O)[O-])c2nonc12. The van der Waals surface area contributed by atoms with Gasteiger partial charge >= 0.3 is 5.69 Å². The fourth-order valence-electron chi connectivity index (χ4n) is 1.96. The average molecular weight is 309 g/mol. The molecule has 10 nitrogen and oxygen atoms in total. The second-order valence-corrected chi connectivity index (χ2v) is 4.57. The third kappa shape index (κ3) is 4.10. The van der Waals surface area contributed by atoms with Gasteiger partial charge in [0.15, 0.2) is 5.52 Å². The number of rotatable bonds is 10. The zero-order valence-corrected chi connectivity index (χ0v) is 12.0. The van der Waals surface area contributed by atoms with Crippen LogP contribution in [0.3, 0.4) is 0 Å². The molecule has 2 aromatic rings. The second kappa shape index (κ2) is 8.22. The van der Waals surface area contributed by atoms with E-state index in [-0.39, 0.29) is 11.2 Å². The van der Waals surface area contributed by atoms with Gasteiger partial charge in [0.05, 0.1) is 10.6 Å². The molecule has 0 bridgehead atoms. The number of nitrogens with one attached hydrogen (secondary N) is 3. The van der Waals surface area contributed by atoms with Crippen LogP contribution >= 0.6 is 0 Å². The monoisotopic (exact) mass is 309 g/mol. The number of hydrogen-bond donors (Lipinski definition) is 4. The Balaban J connectivity index is 1.81. The lowest BCUT2D eigenvalue weighted by molar-refractivity contribution is -0.383. The molecule has 0 aliphatic rings. The summed E-state index contributed by atoms with van der Waals surface area (Å²) in [6, 6.07) is 2.99. The molecule has 1 heterocycles. The Morgan fingerprint density at radius 3 is 2.50 bits per heavy atom. The maximum atomic E-state index is 10.9. The van der Waals surface area contributed by atoms with Gasteiger partial charge in [-0.15, -0.1) is 0 Å².